The molecule has 3 aromatic carbocycles. The number of benzene rings is 3. The van der Waals surface area contributed by atoms with Gasteiger partial charge in [-0.15, -0.1) is 0 Å². The molecule has 3 nitrogen and oxygen atoms in total. The van der Waals surface area contributed by atoms with E-state index in [0.29, 0.717) is 19.8 Å². The summed E-state index contributed by atoms with van der Waals surface area (Å²) < 4.78 is 11.7. The first-order valence-electron chi connectivity index (χ1n) is 8.06. The van der Waals surface area contributed by atoms with Crippen LogP contribution in [0.5, 0.6) is 11.5 Å². The van der Waals surface area contributed by atoms with Crippen molar-refractivity contribution in [1.82, 2.24) is 0 Å². The molecule has 0 heterocycles. The predicted molar refractivity (Wildman–Crippen MR) is 97.2 cm³/mol. The van der Waals surface area contributed by atoms with E-state index in [1.165, 1.54) is 0 Å². The normalized spacial score (nSPS) is 10.4. The van der Waals surface area contributed by atoms with E-state index in [-0.39, 0.29) is 0 Å². The molecule has 24 heavy (non-hydrogen) atoms. The SMILES string of the molecule is NCc1ccccc1OCCOc1ccccc1-c1ccccc1. The van der Waals surface area contributed by atoms with Crippen molar-refractivity contribution < 1.29 is 9.47 Å². The Morgan fingerprint density at radius 2 is 1.21 bits per heavy atom. The summed E-state index contributed by atoms with van der Waals surface area (Å²) in [5.74, 6) is 1.68. The Hall–Kier alpha value is -2.78. The van der Waals surface area contributed by atoms with Gasteiger partial charge in [-0.05, 0) is 17.7 Å². The van der Waals surface area contributed by atoms with Gasteiger partial charge in [-0.1, -0.05) is 66.7 Å². The van der Waals surface area contributed by atoms with E-state index in [0.717, 1.165) is 28.2 Å². The highest BCUT2D eigenvalue weighted by atomic mass is 16.5. The minimum atomic E-state index is 0.466. The highest BCUT2D eigenvalue weighted by molar-refractivity contribution is 5.70. The van der Waals surface area contributed by atoms with Crippen molar-refractivity contribution in [1.29, 1.82) is 0 Å². The molecule has 0 saturated carbocycles. The first-order valence-corrected chi connectivity index (χ1v) is 8.06. The highest BCUT2D eigenvalue weighted by Crippen LogP contribution is 2.29. The van der Waals surface area contributed by atoms with Gasteiger partial charge in [0.15, 0.2) is 0 Å². The van der Waals surface area contributed by atoms with Gasteiger partial charge >= 0.3 is 0 Å². The van der Waals surface area contributed by atoms with Crippen molar-refractivity contribution in [2.24, 2.45) is 5.73 Å². The van der Waals surface area contributed by atoms with Crippen LogP contribution in [-0.2, 0) is 6.54 Å². The Morgan fingerprint density at radius 1 is 0.625 bits per heavy atom. The number of rotatable bonds is 7. The van der Waals surface area contributed by atoms with Crippen molar-refractivity contribution in [3.63, 3.8) is 0 Å². The molecule has 0 saturated heterocycles. The molecular formula is C21H21NO2. The van der Waals surface area contributed by atoms with Crippen LogP contribution < -0.4 is 15.2 Å². The molecule has 122 valence electrons. The predicted octanol–water partition coefficient (Wildman–Crippen LogP) is 4.27. The smallest absolute Gasteiger partial charge is 0.127 e. The van der Waals surface area contributed by atoms with Crippen LogP contribution in [0, 0.1) is 0 Å². The lowest BCUT2D eigenvalue weighted by atomic mass is 10.1. The first kappa shape index (κ1) is 16.1. The molecule has 0 amide bonds. The molecule has 0 aliphatic rings. The van der Waals surface area contributed by atoms with Gasteiger partial charge in [-0.25, -0.2) is 0 Å². The quantitative estimate of drug-likeness (QED) is 0.661. The minimum Gasteiger partial charge on any atom is -0.490 e. The molecule has 2 N–H and O–H groups in total. The molecule has 0 aliphatic heterocycles. The van der Waals surface area contributed by atoms with Gasteiger partial charge in [0.2, 0.25) is 0 Å². The molecular weight excluding hydrogens is 298 g/mol. The maximum absolute atomic E-state index is 5.93. The molecule has 0 atom stereocenters. The highest BCUT2D eigenvalue weighted by Gasteiger charge is 2.06. The van der Waals surface area contributed by atoms with E-state index >= 15 is 0 Å². The van der Waals surface area contributed by atoms with Crippen LogP contribution in [0.2, 0.25) is 0 Å². The van der Waals surface area contributed by atoms with Crippen LogP contribution in [0.3, 0.4) is 0 Å². The zero-order valence-electron chi connectivity index (χ0n) is 13.5. The van der Waals surface area contributed by atoms with E-state index in [1.807, 2.05) is 60.7 Å². The summed E-state index contributed by atoms with van der Waals surface area (Å²) in [5, 5.41) is 0. The summed E-state index contributed by atoms with van der Waals surface area (Å²) in [6, 6.07) is 26.1. The van der Waals surface area contributed by atoms with Crippen LogP contribution in [0.1, 0.15) is 5.56 Å². The maximum atomic E-state index is 5.93. The topological polar surface area (TPSA) is 44.5 Å². The van der Waals surface area contributed by atoms with E-state index < -0.39 is 0 Å². The Labute approximate surface area is 142 Å². The van der Waals surface area contributed by atoms with E-state index in [2.05, 4.69) is 18.2 Å². The minimum absolute atomic E-state index is 0.466. The molecule has 3 rings (SSSR count). The summed E-state index contributed by atoms with van der Waals surface area (Å²) in [5.41, 5.74) is 8.95. The molecule has 0 aliphatic carbocycles. The molecule has 3 heteroatoms. The lowest BCUT2D eigenvalue weighted by Crippen LogP contribution is -2.11. The van der Waals surface area contributed by atoms with Gasteiger partial charge in [0.25, 0.3) is 0 Å². The van der Waals surface area contributed by atoms with Gasteiger partial charge < -0.3 is 15.2 Å². The average Bonchev–Trinajstić information content (AvgIpc) is 2.66. The van der Waals surface area contributed by atoms with Gasteiger partial charge in [0.1, 0.15) is 24.7 Å². The summed E-state index contributed by atoms with van der Waals surface area (Å²) in [7, 11) is 0. The Kier molecular flexibility index (Phi) is 5.48. The van der Waals surface area contributed by atoms with Crippen molar-refractivity contribution >= 4 is 0 Å². The third-order valence-electron chi connectivity index (χ3n) is 3.76. The number of nitrogens with two attached hydrogens (primary N) is 1. The fourth-order valence-corrected chi connectivity index (χ4v) is 2.57. The van der Waals surface area contributed by atoms with Gasteiger partial charge in [-0.3, -0.25) is 0 Å². The molecule has 0 spiro atoms. The molecule has 0 bridgehead atoms. The van der Waals surface area contributed by atoms with Gasteiger partial charge in [0, 0.05) is 17.7 Å². The van der Waals surface area contributed by atoms with Crippen LogP contribution >= 0.6 is 0 Å². The number of hydrogen-bond donors (Lipinski definition) is 1. The molecule has 0 fully saturated rings. The Balaban J connectivity index is 1.62. The van der Waals surface area contributed by atoms with Crippen molar-refractivity contribution in [3.05, 3.63) is 84.4 Å². The van der Waals surface area contributed by atoms with E-state index in [1.54, 1.807) is 0 Å². The van der Waals surface area contributed by atoms with E-state index in [4.69, 9.17) is 15.2 Å². The van der Waals surface area contributed by atoms with Crippen molar-refractivity contribution in [2.75, 3.05) is 13.2 Å². The van der Waals surface area contributed by atoms with E-state index in [9.17, 15) is 0 Å². The standard InChI is InChI=1S/C21H21NO2/c22-16-18-10-4-6-12-20(18)23-14-15-24-21-13-7-5-11-19(21)17-8-2-1-3-9-17/h1-13H,14-16,22H2. The van der Waals surface area contributed by atoms with Crippen LogP contribution in [0.25, 0.3) is 11.1 Å². The fraction of sp³-hybridized carbons (Fsp3) is 0.143. The maximum Gasteiger partial charge on any atom is 0.127 e. The summed E-state index contributed by atoms with van der Waals surface area (Å²) >= 11 is 0. The summed E-state index contributed by atoms with van der Waals surface area (Å²) in [4.78, 5) is 0. The van der Waals surface area contributed by atoms with Crippen molar-refractivity contribution in [3.8, 4) is 22.6 Å². The second-order valence-electron chi connectivity index (χ2n) is 5.37. The monoisotopic (exact) mass is 319 g/mol. The zero-order chi connectivity index (χ0) is 16.6. The number of hydrogen-bond acceptors (Lipinski definition) is 3. The lowest BCUT2D eigenvalue weighted by Gasteiger charge is -2.13. The third-order valence-corrected chi connectivity index (χ3v) is 3.76. The van der Waals surface area contributed by atoms with Crippen LogP contribution in [0.15, 0.2) is 78.9 Å². The lowest BCUT2D eigenvalue weighted by molar-refractivity contribution is 0.216. The molecule has 3 aromatic rings. The Morgan fingerprint density at radius 3 is 1.96 bits per heavy atom. The van der Waals surface area contributed by atoms with Gasteiger partial charge in [-0.2, -0.15) is 0 Å². The molecule has 0 aromatic heterocycles. The van der Waals surface area contributed by atoms with Crippen molar-refractivity contribution in [2.45, 2.75) is 6.54 Å². The van der Waals surface area contributed by atoms with Crippen LogP contribution in [-0.4, -0.2) is 13.2 Å². The largest absolute Gasteiger partial charge is 0.490 e. The third kappa shape index (κ3) is 3.94. The number of para-hydroxylation sites is 2. The molecule has 0 radical (unpaired) electrons. The first-order chi connectivity index (χ1) is 11.9. The van der Waals surface area contributed by atoms with Crippen LogP contribution in [0.4, 0.5) is 0 Å². The zero-order valence-corrected chi connectivity index (χ0v) is 13.5. The second kappa shape index (κ2) is 8.18. The summed E-state index contributed by atoms with van der Waals surface area (Å²) in [6.45, 7) is 1.41. The average molecular weight is 319 g/mol. The summed E-state index contributed by atoms with van der Waals surface area (Å²) in [6.07, 6.45) is 0. The second-order valence-corrected chi connectivity index (χ2v) is 5.37. The fourth-order valence-electron chi connectivity index (χ4n) is 2.57. The molecule has 0 unspecified atom stereocenters. The van der Waals surface area contributed by atoms with Gasteiger partial charge in [0.05, 0.1) is 0 Å². The number of ether oxygens (including phenoxy) is 2. The Bertz CT molecular complexity index is 772.